The molecule has 0 aliphatic carbocycles. The van der Waals surface area contributed by atoms with Crippen molar-refractivity contribution >= 4 is 11.6 Å². The van der Waals surface area contributed by atoms with Crippen molar-refractivity contribution in [1.82, 2.24) is 9.97 Å². The Morgan fingerprint density at radius 3 is 2.76 bits per heavy atom. The minimum Gasteiger partial charge on any atom is -0.394 e. The molecule has 0 spiro atoms. The van der Waals surface area contributed by atoms with Crippen molar-refractivity contribution < 1.29 is 9.84 Å². The quantitative estimate of drug-likeness (QED) is 0.680. The number of hydrogen-bond donors (Lipinski definition) is 3. The highest BCUT2D eigenvalue weighted by molar-refractivity contribution is 5.46. The van der Waals surface area contributed by atoms with Crippen molar-refractivity contribution in [2.45, 2.75) is 32.4 Å². The van der Waals surface area contributed by atoms with Crippen LogP contribution in [-0.2, 0) is 11.3 Å². The zero-order valence-corrected chi connectivity index (χ0v) is 10.5. The molecule has 0 saturated heterocycles. The zero-order chi connectivity index (χ0) is 12.9. The summed E-state index contributed by atoms with van der Waals surface area (Å²) in [4.78, 5) is 8.31. The molecule has 1 unspecified atom stereocenters. The van der Waals surface area contributed by atoms with E-state index in [1.54, 1.807) is 13.2 Å². The predicted octanol–water partition coefficient (Wildman–Crippen LogP) is 0.778. The number of nitrogens with zero attached hydrogens (tertiary/aromatic N) is 2. The van der Waals surface area contributed by atoms with Gasteiger partial charge in [0.05, 0.1) is 12.1 Å². The second-order valence-electron chi connectivity index (χ2n) is 4.22. The van der Waals surface area contributed by atoms with Gasteiger partial charge in [-0.05, 0) is 13.3 Å². The summed E-state index contributed by atoms with van der Waals surface area (Å²) >= 11 is 0. The van der Waals surface area contributed by atoms with Gasteiger partial charge in [0, 0.05) is 13.2 Å². The predicted molar refractivity (Wildman–Crippen MR) is 66.6 cm³/mol. The standard InChI is InChI=1S/C11H20N4O2/c1-4-11(2,7-16)15-9-5-8(12)13-10(14-9)6-17-3/h5,16H,4,6-7H2,1-3H3,(H3,12,13,14,15). The van der Waals surface area contributed by atoms with Crippen LogP contribution in [0.1, 0.15) is 26.1 Å². The topological polar surface area (TPSA) is 93.3 Å². The number of ether oxygens (including phenoxy) is 1. The molecule has 0 saturated carbocycles. The van der Waals surface area contributed by atoms with Crippen LogP contribution in [0, 0.1) is 0 Å². The van der Waals surface area contributed by atoms with Gasteiger partial charge in [0.25, 0.3) is 0 Å². The molecule has 0 fully saturated rings. The molecule has 17 heavy (non-hydrogen) atoms. The maximum Gasteiger partial charge on any atom is 0.158 e. The molecular weight excluding hydrogens is 220 g/mol. The lowest BCUT2D eigenvalue weighted by Crippen LogP contribution is -2.38. The van der Waals surface area contributed by atoms with E-state index >= 15 is 0 Å². The van der Waals surface area contributed by atoms with Gasteiger partial charge in [-0.25, -0.2) is 9.97 Å². The van der Waals surface area contributed by atoms with Crippen molar-refractivity contribution in [2.75, 3.05) is 24.8 Å². The van der Waals surface area contributed by atoms with Crippen LogP contribution in [0.4, 0.5) is 11.6 Å². The van der Waals surface area contributed by atoms with E-state index in [4.69, 9.17) is 10.5 Å². The smallest absolute Gasteiger partial charge is 0.158 e. The highest BCUT2D eigenvalue weighted by Crippen LogP contribution is 2.17. The van der Waals surface area contributed by atoms with Crippen LogP contribution < -0.4 is 11.1 Å². The number of aromatic nitrogens is 2. The lowest BCUT2D eigenvalue weighted by Gasteiger charge is -2.28. The number of aliphatic hydroxyl groups is 1. The van der Waals surface area contributed by atoms with Gasteiger partial charge in [0.15, 0.2) is 5.82 Å². The summed E-state index contributed by atoms with van der Waals surface area (Å²) in [5, 5.41) is 12.5. The average molecular weight is 240 g/mol. The fourth-order valence-corrected chi connectivity index (χ4v) is 1.32. The molecule has 0 bridgehead atoms. The summed E-state index contributed by atoms with van der Waals surface area (Å²) in [7, 11) is 1.57. The van der Waals surface area contributed by atoms with Gasteiger partial charge >= 0.3 is 0 Å². The van der Waals surface area contributed by atoms with Crippen LogP contribution >= 0.6 is 0 Å². The molecular formula is C11H20N4O2. The molecule has 1 heterocycles. The first-order valence-corrected chi connectivity index (χ1v) is 5.54. The second-order valence-corrected chi connectivity index (χ2v) is 4.22. The van der Waals surface area contributed by atoms with Gasteiger partial charge in [-0.3, -0.25) is 0 Å². The number of nitrogen functional groups attached to an aromatic ring is 1. The summed E-state index contributed by atoms with van der Waals surface area (Å²) in [6.07, 6.45) is 0.771. The molecule has 0 aliphatic rings. The summed E-state index contributed by atoms with van der Waals surface area (Å²) < 4.78 is 4.96. The Labute approximate surface area is 101 Å². The molecule has 6 nitrogen and oxygen atoms in total. The third-order valence-electron chi connectivity index (χ3n) is 2.62. The number of methoxy groups -OCH3 is 1. The number of rotatable bonds is 6. The lowest BCUT2D eigenvalue weighted by atomic mass is 10.0. The minimum atomic E-state index is -0.412. The van der Waals surface area contributed by atoms with Crippen molar-refractivity contribution in [3.63, 3.8) is 0 Å². The van der Waals surface area contributed by atoms with Gasteiger partial charge in [-0.1, -0.05) is 6.92 Å². The zero-order valence-electron chi connectivity index (χ0n) is 10.5. The van der Waals surface area contributed by atoms with E-state index < -0.39 is 5.54 Å². The summed E-state index contributed by atoms with van der Waals surface area (Å²) in [5.41, 5.74) is 5.27. The Morgan fingerprint density at radius 1 is 1.53 bits per heavy atom. The number of nitrogens with two attached hydrogens (primary N) is 1. The highest BCUT2D eigenvalue weighted by Gasteiger charge is 2.21. The molecule has 6 heteroatoms. The van der Waals surface area contributed by atoms with E-state index in [2.05, 4.69) is 15.3 Å². The molecule has 1 aromatic heterocycles. The molecule has 0 amide bonds. The summed E-state index contributed by atoms with van der Waals surface area (Å²) in [5.74, 6) is 1.50. The van der Waals surface area contributed by atoms with E-state index in [1.807, 2.05) is 13.8 Å². The van der Waals surface area contributed by atoms with E-state index in [-0.39, 0.29) is 6.61 Å². The maximum atomic E-state index is 9.33. The van der Waals surface area contributed by atoms with Crippen LogP contribution in [0.3, 0.4) is 0 Å². The van der Waals surface area contributed by atoms with Crippen LogP contribution in [0.5, 0.6) is 0 Å². The van der Waals surface area contributed by atoms with E-state index in [9.17, 15) is 5.11 Å². The fraction of sp³-hybridized carbons (Fsp3) is 0.636. The SMILES string of the molecule is CCC(C)(CO)Nc1cc(N)nc(COC)n1. The lowest BCUT2D eigenvalue weighted by molar-refractivity contribution is 0.178. The third kappa shape index (κ3) is 3.83. The van der Waals surface area contributed by atoms with E-state index in [0.717, 1.165) is 6.42 Å². The highest BCUT2D eigenvalue weighted by atomic mass is 16.5. The van der Waals surface area contributed by atoms with Gasteiger partial charge in [0.2, 0.25) is 0 Å². The number of anilines is 2. The Morgan fingerprint density at radius 2 is 2.24 bits per heavy atom. The van der Waals surface area contributed by atoms with Gasteiger partial charge < -0.3 is 20.9 Å². The Kier molecular flexibility index (Phi) is 4.65. The molecule has 1 rings (SSSR count). The Bertz CT molecular complexity index is 366. The molecule has 4 N–H and O–H groups in total. The third-order valence-corrected chi connectivity index (χ3v) is 2.62. The average Bonchev–Trinajstić information content (AvgIpc) is 2.28. The first-order chi connectivity index (χ1) is 8.03. The number of aliphatic hydroxyl groups excluding tert-OH is 1. The maximum absolute atomic E-state index is 9.33. The first-order valence-electron chi connectivity index (χ1n) is 5.54. The molecule has 0 aromatic carbocycles. The van der Waals surface area contributed by atoms with Gasteiger partial charge in [0.1, 0.15) is 18.2 Å². The molecule has 1 atom stereocenters. The van der Waals surface area contributed by atoms with Crippen molar-refractivity contribution in [3.8, 4) is 0 Å². The van der Waals surface area contributed by atoms with E-state index in [0.29, 0.717) is 24.1 Å². The number of nitrogens with one attached hydrogen (secondary N) is 1. The largest absolute Gasteiger partial charge is 0.394 e. The van der Waals surface area contributed by atoms with Gasteiger partial charge in [-0.2, -0.15) is 0 Å². The second kappa shape index (κ2) is 5.79. The van der Waals surface area contributed by atoms with Crippen LogP contribution in [0.25, 0.3) is 0 Å². The molecule has 0 aliphatic heterocycles. The molecule has 0 radical (unpaired) electrons. The van der Waals surface area contributed by atoms with Crippen LogP contribution in [0.15, 0.2) is 6.07 Å². The summed E-state index contributed by atoms with van der Waals surface area (Å²) in [6, 6.07) is 1.64. The summed E-state index contributed by atoms with van der Waals surface area (Å²) in [6.45, 7) is 4.24. The number of hydrogen-bond acceptors (Lipinski definition) is 6. The van der Waals surface area contributed by atoms with E-state index in [1.165, 1.54) is 0 Å². The Hall–Kier alpha value is -1.40. The van der Waals surface area contributed by atoms with Crippen molar-refractivity contribution in [1.29, 1.82) is 0 Å². The first kappa shape index (κ1) is 13.7. The fourth-order valence-electron chi connectivity index (χ4n) is 1.32. The van der Waals surface area contributed by atoms with Crippen LogP contribution in [0.2, 0.25) is 0 Å². The van der Waals surface area contributed by atoms with Gasteiger partial charge in [-0.15, -0.1) is 0 Å². The van der Waals surface area contributed by atoms with Crippen LogP contribution in [-0.4, -0.2) is 34.3 Å². The minimum absolute atomic E-state index is 0.0209. The normalized spacial score (nSPS) is 14.4. The monoisotopic (exact) mass is 240 g/mol. The molecule has 1 aromatic rings. The van der Waals surface area contributed by atoms with Crippen molar-refractivity contribution in [3.05, 3.63) is 11.9 Å². The molecule has 96 valence electrons. The van der Waals surface area contributed by atoms with Crippen molar-refractivity contribution in [2.24, 2.45) is 0 Å². The Balaban J connectivity index is 2.90.